The van der Waals surface area contributed by atoms with Gasteiger partial charge in [-0.3, -0.25) is 4.57 Å². The lowest BCUT2D eigenvalue weighted by atomic mass is 10.1. The van der Waals surface area contributed by atoms with E-state index < -0.39 is 0 Å². The highest BCUT2D eigenvalue weighted by molar-refractivity contribution is 5.82. The van der Waals surface area contributed by atoms with Gasteiger partial charge in [0.15, 0.2) is 23.0 Å². The van der Waals surface area contributed by atoms with Crippen LogP contribution in [0.25, 0.3) is 29.0 Å². The second kappa shape index (κ2) is 9.13. The molecule has 0 spiro atoms. The number of benzene rings is 2. The summed E-state index contributed by atoms with van der Waals surface area (Å²) in [6.45, 7) is 0. The third-order valence-electron chi connectivity index (χ3n) is 5.81. The molecule has 7 heteroatoms. The number of fused-ring (bicyclic) bond motifs is 1. The van der Waals surface area contributed by atoms with Crippen LogP contribution < -0.4 is 9.47 Å². The van der Waals surface area contributed by atoms with Gasteiger partial charge in [0, 0.05) is 5.56 Å². The van der Waals surface area contributed by atoms with Crippen molar-refractivity contribution in [2.75, 3.05) is 7.11 Å². The molecule has 1 aliphatic rings. The second-order valence-corrected chi connectivity index (χ2v) is 7.92. The number of aromatic nitrogens is 4. The molecule has 1 aliphatic carbocycles. The molecule has 33 heavy (non-hydrogen) atoms. The molecule has 5 rings (SSSR count). The van der Waals surface area contributed by atoms with Gasteiger partial charge in [-0.2, -0.15) is 5.26 Å². The predicted molar refractivity (Wildman–Crippen MR) is 126 cm³/mol. The molecule has 2 heterocycles. The number of para-hydroxylation sites is 3. The van der Waals surface area contributed by atoms with E-state index >= 15 is 0 Å². The Hall–Kier alpha value is -4.18. The van der Waals surface area contributed by atoms with Gasteiger partial charge < -0.3 is 9.47 Å². The first-order valence-corrected chi connectivity index (χ1v) is 11.0. The van der Waals surface area contributed by atoms with E-state index in [1.807, 2.05) is 65.3 Å². The number of rotatable bonds is 6. The van der Waals surface area contributed by atoms with E-state index in [0.29, 0.717) is 11.6 Å². The molecule has 0 unspecified atom stereocenters. The minimum atomic E-state index is 0.215. The number of hydrogen-bond acceptors (Lipinski definition) is 6. The first kappa shape index (κ1) is 20.7. The summed E-state index contributed by atoms with van der Waals surface area (Å²) in [4.78, 5) is 4.79. The largest absolute Gasteiger partial charge is 0.493 e. The lowest BCUT2D eigenvalue weighted by Crippen LogP contribution is -2.12. The van der Waals surface area contributed by atoms with Gasteiger partial charge in [-0.15, -0.1) is 10.2 Å². The van der Waals surface area contributed by atoms with Gasteiger partial charge in [0.2, 0.25) is 0 Å². The fourth-order valence-corrected chi connectivity index (χ4v) is 4.19. The Labute approximate surface area is 191 Å². The third kappa shape index (κ3) is 4.15. The topological polar surface area (TPSA) is 85.9 Å². The van der Waals surface area contributed by atoms with Gasteiger partial charge >= 0.3 is 0 Å². The van der Waals surface area contributed by atoms with Crippen molar-refractivity contribution in [2.45, 2.75) is 31.8 Å². The number of hydrogen-bond donors (Lipinski definition) is 0. The Morgan fingerprint density at radius 2 is 1.85 bits per heavy atom. The van der Waals surface area contributed by atoms with Crippen LogP contribution in [0.3, 0.4) is 0 Å². The maximum atomic E-state index is 9.06. The summed E-state index contributed by atoms with van der Waals surface area (Å²) in [7, 11) is 1.66. The van der Waals surface area contributed by atoms with Crippen molar-refractivity contribution in [3.8, 4) is 23.4 Å². The molecule has 0 saturated heterocycles. The Balaban J connectivity index is 1.57. The Morgan fingerprint density at radius 3 is 2.61 bits per heavy atom. The molecule has 4 aromatic rings. The van der Waals surface area contributed by atoms with E-state index in [1.54, 1.807) is 19.2 Å². The van der Waals surface area contributed by atoms with Gasteiger partial charge in [-0.25, -0.2) is 4.98 Å². The standard InChI is InChI=1S/C26H23N5O2/c1-32-23-12-6-7-18(26(23)33-20-8-2-3-9-20)13-15-24-28-21-10-4-5-11-22(21)31(24)25-16-14-19(17-27)29-30-25/h4-7,10-16,20H,2-3,8-9H2,1H3. The lowest BCUT2D eigenvalue weighted by molar-refractivity contribution is 0.200. The smallest absolute Gasteiger partial charge is 0.168 e. The summed E-state index contributed by atoms with van der Waals surface area (Å²) in [6.07, 6.45) is 8.66. The predicted octanol–water partition coefficient (Wildman–Crippen LogP) is 5.19. The summed E-state index contributed by atoms with van der Waals surface area (Å²) < 4.78 is 13.9. The van der Waals surface area contributed by atoms with Crippen LogP contribution in [0, 0.1) is 11.3 Å². The first-order chi connectivity index (χ1) is 16.3. The molecule has 7 nitrogen and oxygen atoms in total. The second-order valence-electron chi connectivity index (χ2n) is 7.92. The lowest BCUT2D eigenvalue weighted by Gasteiger charge is -2.18. The summed E-state index contributed by atoms with van der Waals surface area (Å²) >= 11 is 0. The van der Waals surface area contributed by atoms with E-state index in [1.165, 1.54) is 12.8 Å². The minimum absolute atomic E-state index is 0.215. The maximum absolute atomic E-state index is 9.06. The van der Waals surface area contributed by atoms with Crippen molar-refractivity contribution in [1.29, 1.82) is 5.26 Å². The molecule has 1 saturated carbocycles. The van der Waals surface area contributed by atoms with Gasteiger partial charge in [0.05, 0.1) is 24.2 Å². The molecular formula is C26H23N5O2. The van der Waals surface area contributed by atoms with E-state index in [2.05, 4.69) is 10.2 Å². The molecule has 2 aromatic heterocycles. The molecule has 0 aliphatic heterocycles. The SMILES string of the molecule is COc1cccc(C=Cc2nc3ccccc3n2-c2ccc(C#N)nn2)c1OC1CCCC1. The summed E-state index contributed by atoms with van der Waals surface area (Å²) in [6, 6.07) is 19.2. The fraction of sp³-hybridized carbons (Fsp3) is 0.231. The Morgan fingerprint density at radius 1 is 1.00 bits per heavy atom. The van der Waals surface area contributed by atoms with Crippen LogP contribution in [-0.4, -0.2) is 33.0 Å². The van der Waals surface area contributed by atoms with Crippen molar-refractivity contribution in [3.63, 3.8) is 0 Å². The van der Waals surface area contributed by atoms with Crippen LogP contribution in [0.2, 0.25) is 0 Å². The van der Waals surface area contributed by atoms with E-state index in [-0.39, 0.29) is 11.8 Å². The van der Waals surface area contributed by atoms with Crippen molar-refractivity contribution < 1.29 is 9.47 Å². The van der Waals surface area contributed by atoms with Gasteiger partial charge in [0.25, 0.3) is 0 Å². The summed E-state index contributed by atoms with van der Waals surface area (Å²) in [5.74, 6) is 2.76. The maximum Gasteiger partial charge on any atom is 0.168 e. The quantitative estimate of drug-likeness (QED) is 0.413. The summed E-state index contributed by atoms with van der Waals surface area (Å²) in [5.41, 5.74) is 2.94. The average Bonchev–Trinajstić information content (AvgIpc) is 3.51. The molecule has 1 fully saturated rings. The van der Waals surface area contributed by atoms with Crippen LogP contribution >= 0.6 is 0 Å². The fourth-order valence-electron chi connectivity index (χ4n) is 4.19. The highest BCUT2D eigenvalue weighted by Crippen LogP contribution is 2.36. The van der Waals surface area contributed by atoms with Crippen LogP contribution in [0.5, 0.6) is 11.5 Å². The highest BCUT2D eigenvalue weighted by Gasteiger charge is 2.20. The number of nitriles is 1. The van der Waals surface area contributed by atoms with E-state index in [4.69, 9.17) is 19.7 Å². The number of methoxy groups -OCH3 is 1. The van der Waals surface area contributed by atoms with Crippen LogP contribution in [0.15, 0.2) is 54.6 Å². The molecular weight excluding hydrogens is 414 g/mol. The first-order valence-electron chi connectivity index (χ1n) is 11.0. The normalized spacial score (nSPS) is 14.1. The zero-order chi connectivity index (χ0) is 22.6. The molecule has 0 amide bonds. The van der Waals surface area contributed by atoms with Crippen molar-refractivity contribution in [3.05, 3.63) is 71.7 Å². The Bertz CT molecular complexity index is 1350. The van der Waals surface area contributed by atoms with Gasteiger partial charge in [-0.05, 0) is 68.2 Å². The summed E-state index contributed by atoms with van der Waals surface area (Å²) in [5, 5.41) is 17.3. The van der Waals surface area contributed by atoms with Crippen LogP contribution in [0.1, 0.15) is 42.8 Å². The molecule has 0 radical (unpaired) electrons. The third-order valence-corrected chi connectivity index (χ3v) is 5.81. The average molecular weight is 438 g/mol. The van der Waals surface area contributed by atoms with E-state index in [0.717, 1.165) is 40.9 Å². The van der Waals surface area contributed by atoms with Crippen molar-refractivity contribution in [1.82, 2.24) is 19.7 Å². The molecule has 2 aromatic carbocycles. The monoisotopic (exact) mass is 437 g/mol. The molecule has 164 valence electrons. The number of ether oxygens (including phenoxy) is 2. The van der Waals surface area contributed by atoms with Gasteiger partial charge in [-0.1, -0.05) is 24.3 Å². The minimum Gasteiger partial charge on any atom is -0.493 e. The highest BCUT2D eigenvalue weighted by atomic mass is 16.5. The molecule has 0 N–H and O–H groups in total. The zero-order valence-electron chi connectivity index (χ0n) is 18.3. The number of nitrogens with zero attached hydrogens (tertiary/aromatic N) is 5. The number of imidazole rings is 1. The zero-order valence-corrected chi connectivity index (χ0v) is 18.3. The van der Waals surface area contributed by atoms with Crippen molar-refractivity contribution in [2.24, 2.45) is 0 Å². The van der Waals surface area contributed by atoms with Crippen molar-refractivity contribution >= 4 is 23.2 Å². The van der Waals surface area contributed by atoms with Gasteiger partial charge in [0.1, 0.15) is 11.9 Å². The molecule has 0 bridgehead atoms. The van der Waals surface area contributed by atoms with E-state index in [9.17, 15) is 0 Å². The molecule has 0 atom stereocenters. The Kier molecular flexibility index (Phi) is 5.73. The van der Waals surface area contributed by atoms with Crippen LogP contribution in [-0.2, 0) is 0 Å². The van der Waals surface area contributed by atoms with Crippen LogP contribution in [0.4, 0.5) is 0 Å².